The molecule has 4 aromatic heterocycles. The van der Waals surface area contributed by atoms with E-state index in [0.29, 0.717) is 12.8 Å². The first kappa shape index (κ1) is 33.9. The zero-order chi connectivity index (χ0) is 31.7. The van der Waals surface area contributed by atoms with Crippen LogP contribution in [0.15, 0.2) is 0 Å². The predicted octanol–water partition coefficient (Wildman–Crippen LogP) is 1.71. The fourth-order valence-electron chi connectivity index (χ4n) is 6.25. The molecule has 0 saturated carbocycles. The van der Waals surface area contributed by atoms with Crippen molar-refractivity contribution in [2.24, 2.45) is 0 Å². The molecule has 8 nitrogen and oxygen atoms in total. The maximum atomic E-state index is 12.2. The molecule has 0 saturated heterocycles. The van der Waals surface area contributed by atoms with Crippen LogP contribution in [0.2, 0.25) is 0 Å². The minimum atomic E-state index is -0.275. The molecule has 236 valence electrons. The number of hydrogen-bond acceptors (Lipinski definition) is 4. The van der Waals surface area contributed by atoms with Gasteiger partial charge in [0, 0.05) is 12.8 Å². The van der Waals surface area contributed by atoms with Gasteiger partial charge in [0.05, 0.1) is 14.2 Å². The zero-order valence-electron chi connectivity index (χ0n) is 27.3. The summed E-state index contributed by atoms with van der Waals surface area (Å²) >= 11 is 0. The van der Waals surface area contributed by atoms with Gasteiger partial charge in [-0.15, -0.1) is 44.2 Å². The Labute approximate surface area is 274 Å². The van der Waals surface area contributed by atoms with E-state index < -0.39 is 0 Å². The number of hydrogen-bond donors (Lipinski definition) is 0. The number of carbonyl (C=O) groups excluding carboxylic acids is 2. The molecule has 0 aliphatic carbocycles. The molecule has 0 N–H and O–H groups in total. The van der Waals surface area contributed by atoms with Crippen molar-refractivity contribution in [2.45, 2.75) is 80.1 Å². The topological polar surface area (TPSA) is 109 Å². The number of ether oxygens (including phenoxy) is 2. The summed E-state index contributed by atoms with van der Waals surface area (Å²) in [6.45, 7) is 12.6. The molecule has 0 aromatic carbocycles. The maximum Gasteiger partial charge on any atom is 4.00 e. The van der Waals surface area contributed by atoms with Gasteiger partial charge in [-0.3, -0.25) is 9.59 Å². The van der Waals surface area contributed by atoms with Crippen LogP contribution in [0.25, 0.3) is 24.3 Å². The second-order valence-electron chi connectivity index (χ2n) is 11.4. The van der Waals surface area contributed by atoms with Crippen LogP contribution >= 0.6 is 0 Å². The molecular weight excluding hydrogens is 608 g/mol. The molecule has 8 bridgehead atoms. The molecule has 1 aliphatic rings. The van der Waals surface area contributed by atoms with E-state index in [9.17, 15) is 9.59 Å². The summed E-state index contributed by atoms with van der Waals surface area (Å²) in [5.74, 6) is -0.550. The Morgan fingerprint density at radius 3 is 1.47 bits per heavy atom. The van der Waals surface area contributed by atoms with Crippen molar-refractivity contribution in [1.29, 1.82) is 0 Å². The summed E-state index contributed by atoms with van der Waals surface area (Å²) < 4.78 is 9.89. The average molecular weight is 649 g/mol. The van der Waals surface area contributed by atoms with Crippen LogP contribution in [0.3, 0.4) is 0 Å². The smallest absolute Gasteiger partial charge is 0.657 e. The third-order valence-electron chi connectivity index (χ3n) is 8.96. The minimum Gasteiger partial charge on any atom is -0.657 e. The van der Waals surface area contributed by atoms with Crippen molar-refractivity contribution in [2.75, 3.05) is 14.2 Å². The van der Waals surface area contributed by atoms with Gasteiger partial charge in [-0.25, -0.2) is 0 Å². The number of rotatable bonds is 8. The van der Waals surface area contributed by atoms with E-state index in [1.807, 2.05) is 26.0 Å². The Morgan fingerprint density at radius 1 is 0.533 bits per heavy atom. The maximum absolute atomic E-state index is 12.2. The van der Waals surface area contributed by atoms with Gasteiger partial charge in [-0.2, -0.15) is 0 Å². The van der Waals surface area contributed by atoms with E-state index >= 15 is 0 Å². The van der Waals surface area contributed by atoms with Gasteiger partial charge in [0.1, 0.15) is 0 Å². The van der Waals surface area contributed by atoms with Crippen molar-refractivity contribution >= 4 is 36.2 Å². The predicted molar refractivity (Wildman–Crippen MR) is 170 cm³/mol. The number of methoxy groups -OCH3 is 2. The number of esters is 2. The Morgan fingerprint density at radius 2 is 0.933 bits per heavy atom. The van der Waals surface area contributed by atoms with E-state index in [2.05, 4.69) is 39.8 Å². The molecule has 45 heavy (non-hydrogen) atoms. The van der Waals surface area contributed by atoms with Crippen LogP contribution in [0, 0.1) is 27.7 Å². The quantitative estimate of drug-likeness (QED) is 0.185. The van der Waals surface area contributed by atoms with Gasteiger partial charge in [-0.1, -0.05) is 82.7 Å². The summed E-state index contributed by atoms with van der Waals surface area (Å²) in [6, 6.07) is 0. The Bertz CT molecular complexity index is 2000. The molecule has 9 heteroatoms. The fourth-order valence-corrected chi connectivity index (χ4v) is 6.25. The molecule has 4 aromatic rings. The van der Waals surface area contributed by atoms with Gasteiger partial charge in [0.2, 0.25) is 0 Å². The van der Waals surface area contributed by atoms with Crippen molar-refractivity contribution in [3.63, 3.8) is 0 Å². The first-order valence-electron chi connectivity index (χ1n) is 15.3. The van der Waals surface area contributed by atoms with E-state index in [0.717, 1.165) is 90.4 Å². The van der Waals surface area contributed by atoms with Gasteiger partial charge in [0.15, 0.2) is 0 Å². The van der Waals surface area contributed by atoms with E-state index in [-0.39, 0.29) is 41.8 Å². The molecule has 0 atom stereocenters. The molecule has 0 amide bonds. The van der Waals surface area contributed by atoms with Crippen LogP contribution in [-0.4, -0.2) is 26.2 Å². The van der Waals surface area contributed by atoms with Crippen molar-refractivity contribution in [3.05, 3.63) is 88.7 Å². The van der Waals surface area contributed by atoms with E-state index in [1.54, 1.807) is 0 Å². The second-order valence-corrected chi connectivity index (χ2v) is 11.4. The minimum absolute atomic E-state index is 0. The van der Waals surface area contributed by atoms with Gasteiger partial charge < -0.3 is 29.4 Å². The van der Waals surface area contributed by atoms with Crippen LogP contribution in [0.5, 0.6) is 0 Å². The monoisotopic (exact) mass is 648 g/mol. The zero-order valence-corrected chi connectivity index (χ0v) is 28.4. The molecular formula is C36H40FeN4O4. The summed E-state index contributed by atoms with van der Waals surface area (Å²) in [7, 11) is 2.80. The summed E-state index contributed by atoms with van der Waals surface area (Å²) in [4.78, 5) is 44.6. The Hall–Kier alpha value is -3.94. The Balaban J connectivity index is 0.00000461. The van der Waals surface area contributed by atoms with Crippen LogP contribution in [0.1, 0.15) is 94.0 Å². The average Bonchev–Trinajstić information content (AvgIpc) is 3.67. The molecule has 0 fully saturated rings. The van der Waals surface area contributed by atoms with E-state index in [1.165, 1.54) is 25.3 Å². The number of nitrogens with zero attached hydrogens (tertiary/aromatic N) is 4. The van der Waals surface area contributed by atoms with Gasteiger partial charge in [-0.05, 0) is 53.4 Å². The number of aromatic nitrogens is 4. The molecule has 0 radical (unpaired) electrons. The van der Waals surface area contributed by atoms with Crippen LogP contribution in [-0.2, 0) is 61.8 Å². The number of fused-ring (bicyclic) bond motifs is 8. The molecule has 0 unspecified atom stereocenters. The normalized spacial score (nSPS) is 14.9. The second kappa shape index (κ2) is 14.0. The van der Waals surface area contributed by atoms with Crippen LogP contribution in [0.4, 0.5) is 0 Å². The van der Waals surface area contributed by atoms with Crippen molar-refractivity contribution < 1.29 is 36.1 Å². The summed E-state index contributed by atoms with van der Waals surface area (Å²) in [5.41, 5.74) is 11.9. The summed E-state index contributed by atoms with van der Waals surface area (Å²) in [6.07, 6.45) is 11.3. The van der Waals surface area contributed by atoms with Crippen molar-refractivity contribution in [3.8, 4) is 0 Å². The first-order chi connectivity index (χ1) is 21.1. The third kappa shape index (κ3) is 6.56. The standard InChI is InChI=1S/C36H40N4O4.Fe/c1-9-23-19(3)27-15-28-21(5)25(11-13-35(41)43-7)33(39-28)18-34-26(12-14-36(42)44-8)22(6)30(40-34)17-32-24(10-2)20(4)29(38-32)16-31(23)37-27;/h15-18H,9-14H2,1-8H3;/q-4;+4/b27-15-,28-15?,29-16?,30-17-,31-16-,32-17?,33-18?,34-18-;. The summed E-state index contributed by atoms with van der Waals surface area (Å²) in [5, 5.41) is 3.36. The molecule has 0 spiro atoms. The largest absolute Gasteiger partial charge is 4.00 e. The van der Waals surface area contributed by atoms with Crippen LogP contribution < -0.4 is 41.3 Å². The third-order valence-corrected chi connectivity index (χ3v) is 8.96. The molecule has 5 rings (SSSR count). The fraction of sp³-hybridized carbons (Fsp3) is 0.389. The van der Waals surface area contributed by atoms with Gasteiger partial charge in [0.25, 0.3) is 0 Å². The first-order valence-corrected chi connectivity index (χ1v) is 15.3. The van der Waals surface area contributed by atoms with Crippen molar-refractivity contribution in [1.82, 2.24) is 19.9 Å². The number of carbonyl (C=O) groups is 2. The molecule has 5 heterocycles. The SMILES string of the molecule is CCc1c2[n-]c(c1C)/C=c1\[n-]/c(c(C)c1CC)=C\c1[n-]c(c(CCC(=O)OC)c1C)/C=c1\[n-]/c(c(C)c1CCC(=O)OC)=C\2.[Fe+4]. The molecule has 1 aliphatic heterocycles. The Kier molecular flexibility index (Phi) is 10.6. The van der Waals surface area contributed by atoms with E-state index in [4.69, 9.17) is 29.4 Å². The van der Waals surface area contributed by atoms with Gasteiger partial charge >= 0.3 is 29.0 Å².